The zero-order valence-corrected chi connectivity index (χ0v) is 12.2. The van der Waals surface area contributed by atoms with E-state index in [1.807, 2.05) is 20.2 Å². The van der Waals surface area contributed by atoms with E-state index in [0.29, 0.717) is 5.92 Å². The average Bonchev–Trinajstić information content (AvgIpc) is 2.27. The molecule has 0 saturated heterocycles. The smallest absolute Gasteiger partial charge is 0.236 e. The number of nitrogens with one attached hydrogen (secondary N) is 1. The van der Waals surface area contributed by atoms with Crippen molar-refractivity contribution in [3.63, 3.8) is 0 Å². The van der Waals surface area contributed by atoms with Crippen molar-refractivity contribution in [3.05, 3.63) is 23.4 Å². The van der Waals surface area contributed by atoms with E-state index in [-0.39, 0.29) is 12.5 Å². The summed E-state index contributed by atoms with van der Waals surface area (Å²) in [6, 6.07) is 2.09. The number of primary amides is 1. The molecule has 3 N–H and O–H groups in total. The van der Waals surface area contributed by atoms with Crippen molar-refractivity contribution in [2.24, 2.45) is 11.7 Å². The van der Waals surface area contributed by atoms with Crippen molar-refractivity contribution < 1.29 is 4.79 Å². The van der Waals surface area contributed by atoms with Crippen molar-refractivity contribution >= 4 is 11.7 Å². The number of likely N-dealkylation sites (N-methyl/N-ethyl adjacent to an activating group) is 1. The van der Waals surface area contributed by atoms with Crippen LogP contribution in [0.25, 0.3) is 0 Å². The van der Waals surface area contributed by atoms with Crippen LogP contribution in [-0.2, 0) is 11.3 Å². The van der Waals surface area contributed by atoms with Gasteiger partial charge in [0.2, 0.25) is 5.91 Å². The third kappa shape index (κ3) is 5.26. The van der Waals surface area contributed by atoms with Gasteiger partial charge < -0.3 is 16.0 Å². The number of aromatic nitrogens is 1. The summed E-state index contributed by atoms with van der Waals surface area (Å²) in [6.07, 6.45) is 1.84. The van der Waals surface area contributed by atoms with Crippen LogP contribution in [0.15, 0.2) is 12.3 Å². The van der Waals surface area contributed by atoms with Crippen LogP contribution < -0.4 is 16.0 Å². The van der Waals surface area contributed by atoms with Crippen LogP contribution >= 0.6 is 0 Å². The number of carbonyl (C=O) groups excluding carboxylic acids is 1. The van der Waals surface area contributed by atoms with E-state index in [0.717, 1.165) is 30.0 Å². The van der Waals surface area contributed by atoms with Gasteiger partial charge in [0.1, 0.15) is 5.82 Å². The molecule has 1 heterocycles. The number of nitrogens with two attached hydrogens (primary N) is 1. The van der Waals surface area contributed by atoms with Gasteiger partial charge >= 0.3 is 0 Å². The molecule has 1 amide bonds. The van der Waals surface area contributed by atoms with Crippen LogP contribution in [-0.4, -0.2) is 31.0 Å². The zero-order valence-electron chi connectivity index (χ0n) is 12.2. The molecule has 5 heteroatoms. The first kappa shape index (κ1) is 15.4. The largest absolute Gasteiger partial charge is 0.368 e. The highest BCUT2D eigenvalue weighted by molar-refractivity contribution is 5.79. The highest BCUT2D eigenvalue weighted by Crippen LogP contribution is 2.16. The summed E-state index contributed by atoms with van der Waals surface area (Å²) < 4.78 is 0. The molecule has 0 fully saturated rings. The summed E-state index contributed by atoms with van der Waals surface area (Å²) >= 11 is 0. The lowest BCUT2D eigenvalue weighted by atomic mass is 10.2. The van der Waals surface area contributed by atoms with Gasteiger partial charge in [-0.25, -0.2) is 4.98 Å². The van der Waals surface area contributed by atoms with Crippen LogP contribution in [0.3, 0.4) is 0 Å². The van der Waals surface area contributed by atoms with Crippen molar-refractivity contribution in [2.45, 2.75) is 27.3 Å². The van der Waals surface area contributed by atoms with Crippen molar-refractivity contribution in [1.29, 1.82) is 0 Å². The monoisotopic (exact) mass is 264 g/mol. The fourth-order valence-corrected chi connectivity index (χ4v) is 1.94. The van der Waals surface area contributed by atoms with Crippen LogP contribution in [0.5, 0.6) is 0 Å². The minimum Gasteiger partial charge on any atom is -0.368 e. The molecule has 0 bridgehead atoms. The second-order valence-electron chi connectivity index (χ2n) is 5.33. The first-order valence-electron chi connectivity index (χ1n) is 6.55. The van der Waals surface area contributed by atoms with E-state index >= 15 is 0 Å². The minimum absolute atomic E-state index is 0.179. The Hall–Kier alpha value is -1.62. The van der Waals surface area contributed by atoms with Crippen LogP contribution in [0.2, 0.25) is 0 Å². The molecule has 0 aliphatic carbocycles. The molecule has 0 saturated carbocycles. The van der Waals surface area contributed by atoms with Gasteiger partial charge in [-0.05, 0) is 36.6 Å². The maximum absolute atomic E-state index is 10.9. The second-order valence-corrected chi connectivity index (χ2v) is 5.33. The van der Waals surface area contributed by atoms with Gasteiger partial charge in [0.05, 0.1) is 6.54 Å². The molecular weight excluding hydrogens is 240 g/mol. The predicted octanol–water partition coefficient (Wildman–Crippen LogP) is 1.06. The maximum Gasteiger partial charge on any atom is 0.236 e. The van der Waals surface area contributed by atoms with Crippen molar-refractivity contribution in [1.82, 2.24) is 10.3 Å². The summed E-state index contributed by atoms with van der Waals surface area (Å²) in [6.45, 7) is 8.33. The van der Waals surface area contributed by atoms with Gasteiger partial charge in [-0.1, -0.05) is 13.8 Å². The van der Waals surface area contributed by atoms with Crippen molar-refractivity contribution in [2.75, 3.05) is 25.0 Å². The van der Waals surface area contributed by atoms with E-state index in [9.17, 15) is 4.79 Å². The summed E-state index contributed by atoms with van der Waals surface area (Å²) in [5.74, 6) is 1.08. The maximum atomic E-state index is 10.9. The number of aryl methyl sites for hydroxylation is 1. The molecule has 0 aliphatic heterocycles. The Morgan fingerprint density at radius 3 is 2.74 bits per heavy atom. The number of pyridine rings is 1. The fourth-order valence-electron chi connectivity index (χ4n) is 1.94. The lowest BCUT2D eigenvalue weighted by Crippen LogP contribution is -2.31. The number of hydrogen-bond acceptors (Lipinski definition) is 4. The fraction of sp³-hybridized carbons (Fsp3) is 0.571. The molecule has 0 aromatic carbocycles. The SMILES string of the molecule is Cc1cc(CNCC(C)C)cnc1N(C)CC(N)=O. The quantitative estimate of drug-likeness (QED) is 0.772. The van der Waals surface area contributed by atoms with Crippen LogP contribution in [0.1, 0.15) is 25.0 Å². The Bertz CT molecular complexity index is 431. The van der Waals surface area contributed by atoms with E-state index in [1.165, 1.54) is 0 Å². The summed E-state index contributed by atoms with van der Waals surface area (Å²) in [7, 11) is 1.82. The van der Waals surface area contributed by atoms with Crippen molar-refractivity contribution in [3.8, 4) is 0 Å². The van der Waals surface area contributed by atoms with Gasteiger partial charge in [0.15, 0.2) is 0 Å². The molecule has 0 unspecified atom stereocenters. The van der Waals surface area contributed by atoms with Gasteiger partial charge in [0, 0.05) is 19.8 Å². The number of anilines is 1. The molecule has 19 heavy (non-hydrogen) atoms. The van der Waals surface area contributed by atoms with E-state index < -0.39 is 0 Å². The molecule has 0 aliphatic rings. The Kier molecular flexibility index (Phi) is 5.76. The second kappa shape index (κ2) is 7.09. The normalized spacial score (nSPS) is 10.8. The first-order valence-corrected chi connectivity index (χ1v) is 6.55. The minimum atomic E-state index is -0.355. The molecular formula is C14H24N4O. The lowest BCUT2D eigenvalue weighted by molar-refractivity contribution is -0.116. The number of rotatable bonds is 7. The molecule has 0 spiro atoms. The zero-order chi connectivity index (χ0) is 14.4. The van der Waals surface area contributed by atoms with E-state index in [2.05, 4.69) is 30.2 Å². The van der Waals surface area contributed by atoms with E-state index in [4.69, 9.17) is 5.73 Å². The Labute approximate surface area is 115 Å². The predicted molar refractivity (Wildman–Crippen MR) is 78.0 cm³/mol. The highest BCUT2D eigenvalue weighted by Gasteiger charge is 2.09. The lowest BCUT2D eigenvalue weighted by Gasteiger charge is -2.19. The molecule has 5 nitrogen and oxygen atoms in total. The molecule has 1 aromatic rings. The van der Waals surface area contributed by atoms with Gasteiger partial charge in [0.25, 0.3) is 0 Å². The highest BCUT2D eigenvalue weighted by atomic mass is 16.1. The van der Waals surface area contributed by atoms with Gasteiger partial charge in [-0.15, -0.1) is 0 Å². The first-order chi connectivity index (χ1) is 8.90. The third-order valence-corrected chi connectivity index (χ3v) is 2.74. The van der Waals surface area contributed by atoms with Gasteiger partial charge in [-0.3, -0.25) is 4.79 Å². The molecule has 1 rings (SSSR count). The van der Waals surface area contributed by atoms with E-state index in [1.54, 1.807) is 4.90 Å². The number of nitrogens with zero attached hydrogens (tertiary/aromatic N) is 2. The Morgan fingerprint density at radius 2 is 2.21 bits per heavy atom. The standard InChI is InChI=1S/C14H24N4O/c1-10(2)6-16-7-12-5-11(3)14(17-8-12)18(4)9-13(15)19/h5,8,10,16H,6-7,9H2,1-4H3,(H2,15,19). The number of carbonyl (C=O) groups is 1. The molecule has 1 aromatic heterocycles. The Morgan fingerprint density at radius 1 is 1.53 bits per heavy atom. The van der Waals surface area contributed by atoms with Gasteiger partial charge in [-0.2, -0.15) is 0 Å². The molecule has 0 radical (unpaired) electrons. The van der Waals surface area contributed by atoms with Crippen LogP contribution in [0.4, 0.5) is 5.82 Å². The summed E-state index contributed by atoms with van der Waals surface area (Å²) in [4.78, 5) is 17.1. The summed E-state index contributed by atoms with van der Waals surface area (Å²) in [5, 5.41) is 3.38. The number of hydrogen-bond donors (Lipinski definition) is 2. The number of amides is 1. The van der Waals surface area contributed by atoms with Crippen LogP contribution in [0, 0.1) is 12.8 Å². The Balaban J connectivity index is 2.66. The topological polar surface area (TPSA) is 71.2 Å². The average molecular weight is 264 g/mol. The molecule has 106 valence electrons. The molecule has 0 atom stereocenters. The third-order valence-electron chi connectivity index (χ3n) is 2.74. The summed E-state index contributed by atoms with van der Waals surface area (Å²) in [5.41, 5.74) is 7.38.